The lowest BCUT2D eigenvalue weighted by atomic mass is 10.1. The number of hydrogen-bond acceptors (Lipinski definition) is 4. The number of aryl methyl sites for hydroxylation is 1. The first-order chi connectivity index (χ1) is 7.65. The predicted octanol–water partition coefficient (Wildman–Crippen LogP) is 1.14. The highest BCUT2D eigenvalue weighted by atomic mass is 16.2. The van der Waals surface area contributed by atoms with E-state index in [2.05, 4.69) is 22.3 Å². The van der Waals surface area contributed by atoms with E-state index in [0.717, 1.165) is 12.8 Å². The lowest BCUT2D eigenvalue weighted by molar-refractivity contribution is -0.118. The molecule has 0 fully saturated rings. The molecule has 1 aromatic rings. The number of hydrogen-bond donors (Lipinski definition) is 0. The second-order valence-electron chi connectivity index (χ2n) is 3.84. The molecule has 1 aromatic heterocycles. The van der Waals surface area contributed by atoms with E-state index < -0.39 is 0 Å². The minimum absolute atomic E-state index is 0.0455. The van der Waals surface area contributed by atoms with Crippen molar-refractivity contribution >= 4 is 11.9 Å². The van der Waals surface area contributed by atoms with E-state index in [0.29, 0.717) is 12.4 Å². The summed E-state index contributed by atoms with van der Waals surface area (Å²) in [6.45, 7) is 2.15. The summed E-state index contributed by atoms with van der Waals surface area (Å²) in [6, 6.07) is 0. The number of aromatic nitrogens is 4. The molecule has 0 spiro atoms. The zero-order chi connectivity index (χ0) is 12.0. The van der Waals surface area contributed by atoms with E-state index >= 15 is 0 Å². The molecule has 0 aliphatic heterocycles. The van der Waals surface area contributed by atoms with Gasteiger partial charge in [0, 0.05) is 13.5 Å². The van der Waals surface area contributed by atoms with Gasteiger partial charge in [0.2, 0.25) is 5.91 Å². The van der Waals surface area contributed by atoms with Crippen LogP contribution in [0.3, 0.4) is 0 Å². The van der Waals surface area contributed by atoms with Gasteiger partial charge in [-0.05, 0) is 11.6 Å². The average molecular weight is 225 g/mol. The van der Waals surface area contributed by atoms with Crippen molar-refractivity contribution in [3.05, 3.63) is 0 Å². The van der Waals surface area contributed by atoms with Gasteiger partial charge in [0.25, 0.3) is 5.95 Å². The van der Waals surface area contributed by atoms with Gasteiger partial charge in [-0.1, -0.05) is 31.3 Å². The number of tetrazole rings is 1. The van der Waals surface area contributed by atoms with Gasteiger partial charge in [0.1, 0.15) is 0 Å². The summed E-state index contributed by atoms with van der Waals surface area (Å²) in [6.07, 6.45) is 4.94. The molecule has 0 unspecified atom stereocenters. The molecule has 6 heteroatoms. The van der Waals surface area contributed by atoms with Gasteiger partial charge in [-0.15, -0.1) is 5.10 Å². The fourth-order valence-corrected chi connectivity index (χ4v) is 1.39. The summed E-state index contributed by atoms with van der Waals surface area (Å²) >= 11 is 0. The molecule has 1 heterocycles. The van der Waals surface area contributed by atoms with Crippen LogP contribution < -0.4 is 4.90 Å². The van der Waals surface area contributed by atoms with Crippen molar-refractivity contribution in [3.8, 4) is 0 Å². The molecule has 0 aliphatic carbocycles. The van der Waals surface area contributed by atoms with E-state index in [4.69, 9.17) is 0 Å². The Kier molecular flexibility index (Phi) is 4.88. The maximum atomic E-state index is 11.7. The highest BCUT2D eigenvalue weighted by Crippen LogP contribution is 2.08. The summed E-state index contributed by atoms with van der Waals surface area (Å²) < 4.78 is 0. The third kappa shape index (κ3) is 3.60. The van der Waals surface area contributed by atoms with E-state index in [1.807, 2.05) is 0 Å². The lowest BCUT2D eigenvalue weighted by Crippen LogP contribution is -2.27. The quantitative estimate of drug-likeness (QED) is 0.681. The van der Waals surface area contributed by atoms with Crippen molar-refractivity contribution in [2.75, 3.05) is 11.9 Å². The molecule has 16 heavy (non-hydrogen) atoms. The molecule has 0 aromatic carbocycles. The standard InChI is InChI=1S/C10H19N5O/c1-4-5-6-7-8-9(16)14(2)10-11-13-15(3)12-10/h4-8H2,1-3H3. The number of anilines is 1. The maximum absolute atomic E-state index is 11.7. The normalized spacial score (nSPS) is 10.4. The van der Waals surface area contributed by atoms with Gasteiger partial charge in [0.05, 0.1) is 7.05 Å². The number of carbonyl (C=O) groups is 1. The van der Waals surface area contributed by atoms with Crippen LogP contribution in [0, 0.1) is 0 Å². The van der Waals surface area contributed by atoms with E-state index in [1.54, 1.807) is 14.1 Å². The molecule has 90 valence electrons. The molecule has 0 atom stereocenters. The molecule has 6 nitrogen and oxygen atoms in total. The zero-order valence-electron chi connectivity index (χ0n) is 10.2. The molecule has 0 radical (unpaired) electrons. The minimum Gasteiger partial charge on any atom is -0.281 e. The Bertz CT molecular complexity index is 336. The van der Waals surface area contributed by atoms with Gasteiger partial charge >= 0.3 is 0 Å². The van der Waals surface area contributed by atoms with Gasteiger partial charge in [-0.3, -0.25) is 9.69 Å². The topological polar surface area (TPSA) is 63.9 Å². The van der Waals surface area contributed by atoms with E-state index in [1.165, 1.54) is 22.5 Å². The van der Waals surface area contributed by atoms with Crippen LogP contribution in [0.5, 0.6) is 0 Å². The van der Waals surface area contributed by atoms with Crippen molar-refractivity contribution in [3.63, 3.8) is 0 Å². The first-order valence-corrected chi connectivity index (χ1v) is 5.65. The van der Waals surface area contributed by atoms with Crippen LogP contribution in [0.1, 0.15) is 39.0 Å². The van der Waals surface area contributed by atoms with E-state index in [-0.39, 0.29) is 5.91 Å². The number of rotatable bonds is 6. The molecule has 1 rings (SSSR count). The molecule has 0 saturated carbocycles. The number of amides is 1. The third-order valence-corrected chi connectivity index (χ3v) is 2.42. The van der Waals surface area contributed by atoms with Crippen LogP contribution >= 0.6 is 0 Å². The fraction of sp³-hybridized carbons (Fsp3) is 0.800. The Balaban J connectivity index is 2.36. The molecule has 0 aliphatic rings. The van der Waals surface area contributed by atoms with Crippen LogP contribution in [-0.4, -0.2) is 33.2 Å². The highest BCUT2D eigenvalue weighted by molar-refractivity contribution is 5.90. The van der Waals surface area contributed by atoms with Gasteiger partial charge in [-0.25, -0.2) is 0 Å². The number of carbonyl (C=O) groups excluding carboxylic acids is 1. The third-order valence-electron chi connectivity index (χ3n) is 2.42. The summed E-state index contributed by atoms with van der Waals surface area (Å²) in [7, 11) is 3.36. The Morgan fingerprint density at radius 2 is 2.12 bits per heavy atom. The molecule has 0 N–H and O–H groups in total. The molecular formula is C10H19N5O. The zero-order valence-corrected chi connectivity index (χ0v) is 10.2. The monoisotopic (exact) mass is 225 g/mol. The van der Waals surface area contributed by atoms with Crippen molar-refractivity contribution in [2.45, 2.75) is 39.0 Å². The predicted molar refractivity (Wildman–Crippen MR) is 61.0 cm³/mol. The second-order valence-corrected chi connectivity index (χ2v) is 3.84. The van der Waals surface area contributed by atoms with Crippen LogP contribution in [0.15, 0.2) is 0 Å². The maximum Gasteiger partial charge on any atom is 0.272 e. The molecule has 0 bridgehead atoms. The SMILES string of the molecule is CCCCCCC(=O)N(C)c1nnn(C)n1. The Morgan fingerprint density at radius 3 is 2.69 bits per heavy atom. The van der Waals surface area contributed by atoms with Crippen molar-refractivity contribution < 1.29 is 4.79 Å². The van der Waals surface area contributed by atoms with Gasteiger partial charge in [-0.2, -0.15) is 4.80 Å². The molecular weight excluding hydrogens is 206 g/mol. The van der Waals surface area contributed by atoms with Crippen LogP contribution in [0.25, 0.3) is 0 Å². The Hall–Kier alpha value is -1.46. The summed E-state index contributed by atoms with van der Waals surface area (Å²) in [5.74, 6) is 0.409. The van der Waals surface area contributed by atoms with Crippen LogP contribution in [0.4, 0.5) is 5.95 Å². The van der Waals surface area contributed by atoms with Crippen LogP contribution in [0.2, 0.25) is 0 Å². The van der Waals surface area contributed by atoms with Crippen LogP contribution in [-0.2, 0) is 11.8 Å². The fourth-order valence-electron chi connectivity index (χ4n) is 1.39. The summed E-state index contributed by atoms with van der Waals surface area (Å²) in [4.78, 5) is 14.5. The number of unbranched alkanes of at least 4 members (excludes halogenated alkanes) is 3. The smallest absolute Gasteiger partial charge is 0.272 e. The van der Waals surface area contributed by atoms with Gasteiger partial charge < -0.3 is 0 Å². The summed E-state index contributed by atoms with van der Waals surface area (Å²) in [5.41, 5.74) is 0. The van der Waals surface area contributed by atoms with Crippen molar-refractivity contribution in [1.82, 2.24) is 20.2 Å². The Labute approximate surface area is 95.6 Å². The minimum atomic E-state index is 0.0455. The molecule has 1 amide bonds. The first kappa shape index (κ1) is 12.6. The second kappa shape index (κ2) is 6.19. The Morgan fingerprint density at radius 1 is 1.38 bits per heavy atom. The lowest BCUT2D eigenvalue weighted by Gasteiger charge is -2.11. The summed E-state index contributed by atoms with van der Waals surface area (Å²) in [5, 5.41) is 11.5. The number of nitrogens with zero attached hydrogens (tertiary/aromatic N) is 5. The highest BCUT2D eigenvalue weighted by Gasteiger charge is 2.14. The molecule has 0 saturated heterocycles. The van der Waals surface area contributed by atoms with Crippen molar-refractivity contribution in [2.24, 2.45) is 7.05 Å². The van der Waals surface area contributed by atoms with Crippen molar-refractivity contribution in [1.29, 1.82) is 0 Å². The van der Waals surface area contributed by atoms with Gasteiger partial charge in [0.15, 0.2) is 0 Å². The first-order valence-electron chi connectivity index (χ1n) is 5.65. The average Bonchev–Trinajstić information content (AvgIpc) is 2.70. The largest absolute Gasteiger partial charge is 0.281 e. The van der Waals surface area contributed by atoms with E-state index in [9.17, 15) is 4.79 Å².